The number of amides is 2. The van der Waals surface area contributed by atoms with Crippen LogP contribution in [-0.2, 0) is 22.4 Å². The number of hydrogen-bond acceptors (Lipinski definition) is 12. The Morgan fingerprint density at radius 2 is 1.17 bits per heavy atom. The fraction of sp³-hybridized carbons (Fsp3) is 0.407. The van der Waals surface area contributed by atoms with Gasteiger partial charge in [-0.2, -0.15) is 0 Å². The molecule has 41 heavy (non-hydrogen) atoms. The second-order valence-electron chi connectivity index (χ2n) is 10.3. The lowest BCUT2D eigenvalue weighted by molar-refractivity contribution is -0.116. The van der Waals surface area contributed by atoms with Gasteiger partial charge >= 0.3 is 0 Å². The van der Waals surface area contributed by atoms with Crippen molar-refractivity contribution in [2.24, 2.45) is 0 Å². The van der Waals surface area contributed by atoms with Crippen molar-refractivity contribution < 1.29 is 9.59 Å². The van der Waals surface area contributed by atoms with Crippen LogP contribution < -0.4 is 20.4 Å². The number of nitrogens with one attached hydrogen (secondary N) is 2. The molecule has 0 radical (unpaired) electrons. The third kappa shape index (κ3) is 7.38. The van der Waals surface area contributed by atoms with Crippen LogP contribution in [0.25, 0.3) is 0 Å². The summed E-state index contributed by atoms with van der Waals surface area (Å²) in [6.45, 7) is 0. The van der Waals surface area contributed by atoms with Crippen molar-refractivity contribution in [3.63, 3.8) is 0 Å². The second kappa shape index (κ2) is 12.6. The molecule has 5 rings (SSSR count). The van der Waals surface area contributed by atoms with E-state index in [9.17, 15) is 9.59 Å². The van der Waals surface area contributed by atoms with Gasteiger partial charge in [0.1, 0.15) is 21.7 Å². The molecule has 4 aromatic rings. The van der Waals surface area contributed by atoms with Gasteiger partial charge in [0.15, 0.2) is 0 Å². The van der Waals surface area contributed by atoms with E-state index in [0.29, 0.717) is 21.7 Å². The molecule has 2 N–H and O–H groups in total. The summed E-state index contributed by atoms with van der Waals surface area (Å²) in [5.74, 6) is 1.72. The third-order valence-electron chi connectivity index (χ3n) is 6.69. The monoisotopic (exact) mass is 592 g/mol. The quantitative estimate of drug-likeness (QED) is 0.280. The topological polar surface area (TPSA) is 142 Å². The molecule has 12 nitrogen and oxygen atoms in total. The Bertz CT molecular complexity index is 1410. The lowest BCUT2D eigenvalue weighted by Crippen LogP contribution is -2.16. The van der Waals surface area contributed by atoms with E-state index >= 15 is 0 Å². The van der Waals surface area contributed by atoms with Crippen LogP contribution in [0.15, 0.2) is 36.4 Å². The standard InChI is InChI=1S/C27H32N10O2S2/c1-36(2)20-9-5-7-18(28-20)14-22(38)30-26-34-32-24(40-26)16-11-12-17(13-16)25-33-35-27(41-25)31-23(39)15-19-8-6-10-21(29-19)37(3)4/h5-10,16-17H,11-15H2,1-4H3,(H,30,34,38)(H,31,35,39). The molecule has 2 amide bonds. The van der Waals surface area contributed by atoms with E-state index in [1.807, 2.05) is 74.4 Å². The summed E-state index contributed by atoms with van der Waals surface area (Å²) in [7, 11) is 7.65. The summed E-state index contributed by atoms with van der Waals surface area (Å²) in [6.07, 6.45) is 3.09. The lowest BCUT2D eigenvalue weighted by atomic mass is 10.1. The van der Waals surface area contributed by atoms with Gasteiger partial charge in [-0.05, 0) is 43.5 Å². The molecule has 1 fully saturated rings. The molecule has 1 aliphatic carbocycles. The highest BCUT2D eigenvalue weighted by atomic mass is 32.1. The minimum absolute atomic E-state index is 0.164. The van der Waals surface area contributed by atoms with Crippen LogP contribution in [0.1, 0.15) is 52.5 Å². The average Bonchev–Trinajstić information content (AvgIpc) is 3.70. The van der Waals surface area contributed by atoms with Crippen LogP contribution in [0.3, 0.4) is 0 Å². The van der Waals surface area contributed by atoms with Gasteiger partial charge in [0.25, 0.3) is 0 Å². The first-order valence-corrected chi connectivity index (χ1v) is 14.9. The fourth-order valence-corrected chi connectivity index (χ4v) is 6.43. The Morgan fingerprint density at radius 1 is 0.732 bits per heavy atom. The van der Waals surface area contributed by atoms with Gasteiger partial charge in [0.2, 0.25) is 22.1 Å². The van der Waals surface area contributed by atoms with Gasteiger partial charge in [-0.25, -0.2) is 9.97 Å². The molecule has 0 spiro atoms. The normalized spacial score (nSPS) is 16.4. The van der Waals surface area contributed by atoms with Crippen LogP contribution in [-0.4, -0.2) is 70.4 Å². The molecule has 0 saturated heterocycles. The SMILES string of the molecule is CN(C)c1cccc(CC(=O)Nc2nnc(C3CCC(c4nnc(NC(=O)Cc5cccc(N(C)C)n5)s4)C3)s2)n1. The zero-order valence-corrected chi connectivity index (χ0v) is 25.0. The number of nitrogens with zero attached hydrogens (tertiary/aromatic N) is 8. The number of anilines is 4. The number of carbonyl (C=O) groups excluding carboxylic acids is 2. The molecular formula is C27H32N10O2S2. The van der Waals surface area contributed by atoms with Gasteiger partial charge < -0.3 is 20.4 Å². The van der Waals surface area contributed by atoms with Gasteiger partial charge in [-0.1, -0.05) is 34.8 Å². The molecule has 0 aromatic carbocycles. The number of carbonyl (C=O) groups is 2. The molecule has 0 bridgehead atoms. The highest BCUT2D eigenvalue weighted by Crippen LogP contribution is 2.45. The first-order valence-electron chi connectivity index (χ1n) is 13.3. The molecule has 2 atom stereocenters. The van der Waals surface area contributed by atoms with Crippen molar-refractivity contribution in [1.82, 2.24) is 30.4 Å². The average molecular weight is 593 g/mol. The van der Waals surface area contributed by atoms with Crippen molar-refractivity contribution in [2.75, 3.05) is 48.6 Å². The zero-order valence-electron chi connectivity index (χ0n) is 23.4. The predicted molar refractivity (Wildman–Crippen MR) is 161 cm³/mol. The van der Waals surface area contributed by atoms with E-state index < -0.39 is 0 Å². The van der Waals surface area contributed by atoms with Crippen LogP contribution in [0.5, 0.6) is 0 Å². The number of aromatic nitrogens is 6. The smallest absolute Gasteiger partial charge is 0.232 e. The highest BCUT2D eigenvalue weighted by Gasteiger charge is 2.32. The van der Waals surface area contributed by atoms with Crippen molar-refractivity contribution in [3.8, 4) is 0 Å². The molecule has 4 heterocycles. The summed E-state index contributed by atoms with van der Waals surface area (Å²) >= 11 is 2.82. The Balaban J connectivity index is 1.12. The first kappa shape index (κ1) is 28.5. The molecule has 1 saturated carbocycles. The second-order valence-corrected chi connectivity index (χ2v) is 12.3. The molecule has 1 aliphatic rings. The maximum absolute atomic E-state index is 12.6. The summed E-state index contributed by atoms with van der Waals surface area (Å²) in [6, 6.07) is 11.3. The molecular weight excluding hydrogens is 560 g/mol. The van der Waals surface area contributed by atoms with Gasteiger partial charge in [-0.15, -0.1) is 20.4 Å². The van der Waals surface area contributed by atoms with Crippen molar-refractivity contribution in [1.29, 1.82) is 0 Å². The van der Waals surface area contributed by atoms with Crippen molar-refractivity contribution in [3.05, 3.63) is 57.8 Å². The van der Waals surface area contributed by atoms with Crippen LogP contribution in [0.4, 0.5) is 21.9 Å². The number of pyridine rings is 2. The van der Waals surface area contributed by atoms with E-state index in [2.05, 4.69) is 41.0 Å². The largest absolute Gasteiger partial charge is 0.363 e. The molecule has 4 aromatic heterocycles. The van der Waals surface area contributed by atoms with Crippen molar-refractivity contribution >= 4 is 56.4 Å². The lowest BCUT2D eigenvalue weighted by Gasteiger charge is -2.11. The molecule has 214 valence electrons. The summed E-state index contributed by atoms with van der Waals surface area (Å²) in [5.41, 5.74) is 1.39. The Kier molecular flexibility index (Phi) is 8.78. The Labute approximate surface area is 246 Å². The maximum atomic E-state index is 12.6. The van der Waals surface area contributed by atoms with E-state index in [1.165, 1.54) is 22.7 Å². The molecule has 2 unspecified atom stereocenters. The fourth-order valence-electron chi connectivity index (χ4n) is 4.62. The number of rotatable bonds is 10. The summed E-state index contributed by atoms with van der Waals surface area (Å²) in [4.78, 5) is 38.0. The highest BCUT2D eigenvalue weighted by molar-refractivity contribution is 7.15. The first-order chi connectivity index (χ1) is 19.7. The molecule has 14 heteroatoms. The Morgan fingerprint density at radius 3 is 1.59 bits per heavy atom. The van der Waals surface area contributed by atoms with E-state index in [-0.39, 0.29) is 36.5 Å². The minimum Gasteiger partial charge on any atom is -0.363 e. The van der Waals surface area contributed by atoms with E-state index in [0.717, 1.165) is 40.9 Å². The van der Waals surface area contributed by atoms with E-state index in [4.69, 9.17) is 0 Å². The summed E-state index contributed by atoms with van der Waals surface area (Å²) in [5, 5.41) is 25.6. The Hall–Kier alpha value is -4.04. The zero-order chi connectivity index (χ0) is 28.9. The minimum atomic E-state index is -0.176. The maximum Gasteiger partial charge on any atom is 0.232 e. The van der Waals surface area contributed by atoms with Gasteiger partial charge in [0, 0.05) is 40.0 Å². The van der Waals surface area contributed by atoms with Gasteiger partial charge in [-0.3, -0.25) is 9.59 Å². The van der Waals surface area contributed by atoms with E-state index in [1.54, 1.807) is 0 Å². The van der Waals surface area contributed by atoms with Crippen LogP contribution in [0, 0.1) is 0 Å². The van der Waals surface area contributed by atoms with Crippen LogP contribution >= 0.6 is 22.7 Å². The van der Waals surface area contributed by atoms with Gasteiger partial charge in [0.05, 0.1) is 24.2 Å². The third-order valence-corrected chi connectivity index (χ3v) is 8.69. The van der Waals surface area contributed by atoms with Crippen molar-refractivity contribution in [2.45, 2.75) is 43.9 Å². The van der Waals surface area contributed by atoms with Crippen LogP contribution in [0.2, 0.25) is 0 Å². The predicted octanol–water partition coefficient (Wildman–Crippen LogP) is 3.73. The molecule has 0 aliphatic heterocycles. The summed E-state index contributed by atoms with van der Waals surface area (Å²) < 4.78 is 0. The number of hydrogen-bond donors (Lipinski definition) is 2.